The van der Waals surface area contributed by atoms with Gasteiger partial charge >= 0.3 is 0 Å². The number of rotatable bonds is 3. The summed E-state index contributed by atoms with van der Waals surface area (Å²) in [4.78, 5) is 28.8. The number of likely N-dealkylation sites (tertiary alicyclic amines) is 1. The fourth-order valence-corrected chi connectivity index (χ4v) is 4.82. The lowest BCUT2D eigenvalue weighted by molar-refractivity contribution is -0.0388. The standard InChI is InChI=1S/C18H23N5O2S/c1-2-13-14(26-16(22-13)15-20-6-3-7-21-15)17(24)23-8-4-18(5-9-23)10-12(19)11-25-18/h3,6-7,12H,2,4-5,8-11,19H2,1H3. The zero-order valence-corrected chi connectivity index (χ0v) is 15.7. The third-order valence-electron chi connectivity index (χ3n) is 5.18. The number of thiazole rings is 1. The van der Waals surface area contributed by atoms with Gasteiger partial charge in [0.05, 0.1) is 17.9 Å². The molecule has 2 saturated heterocycles. The second-order valence-electron chi connectivity index (χ2n) is 6.97. The van der Waals surface area contributed by atoms with Gasteiger partial charge in [-0.05, 0) is 31.7 Å². The van der Waals surface area contributed by atoms with Crippen LogP contribution in [0.25, 0.3) is 10.8 Å². The first-order valence-corrected chi connectivity index (χ1v) is 9.88. The average Bonchev–Trinajstić information content (AvgIpc) is 3.26. The van der Waals surface area contributed by atoms with Crippen LogP contribution in [-0.4, -0.2) is 57.1 Å². The van der Waals surface area contributed by atoms with Crippen LogP contribution in [0.1, 0.15) is 41.6 Å². The maximum absolute atomic E-state index is 13.1. The van der Waals surface area contributed by atoms with Crippen LogP contribution in [0.2, 0.25) is 0 Å². The van der Waals surface area contributed by atoms with Crippen LogP contribution >= 0.6 is 11.3 Å². The van der Waals surface area contributed by atoms with E-state index in [4.69, 9.17) is 10.5 Å². The molecule has 1 spiro atoms. The predicted molar refractivity (Wildman–Crippen MR) is 98.9 cm³/mol. The molecule has 8 heteroatoms. The van der Waals surface area contributed by atoms with E-state index in [-0.39, 0.29) is 17.6 Å². The lowest BCUT2D eigenvalue weighted by Crippen LogP contribution is -2.46. The summed E-state index contributed by atoms with van der Waals surface area (Å²) in [7, 11) is 0. The molecule has 4 heterocycles. The van der Waals surface area contributed by atoms with Crippen LogP contribution < -0.4 is 5.73 Å². The summed E-state index contributed by atoms with van der Waals surface area (Å²) in [6.07, 6.45) is 6.68. The normalized spacial score (nSPS) is 22.1. The number of amides is 1. The molecule has 2 aromatic rings. The Hall–Kier alpha value is -1.90. The van der Waals surface area contributed by atoms with Gasteiger partial charge in [-0.3, -0.25) is 4.79 Å². The zero-order chi connectivity index (χ0) is 18.1. The molecule has 1 atom stereocenters. The predicted octanol–water partition coefficient (Wildman–Crippen LogP) is 1.88. The summed E-state index contributed by atoms with van der Waals surface area (Å²) in [5.41, 5.74) is 6.69. The van der Waals surface area contributed by atoms with Gasteiger partial charge < -0.3 is 15.4 Å². The van der Waals surface area contributed by atoms with Crippen LogP contribution in [0.3, 0.4) is 0 Å². The van der Waals surface area contributed by atoms with E-state index in [9.17, 15) is 4.79 Å². The Kier molecular flexibility index (Phi) is 4.73. The summed E-state index contributed by atoms with van der Waals surface area (Å²) in [5, 5.41) is 0.698. The van der Waals surface area contributed by atoms with Crippen LogP contribution in [-0.2, 0) is 11.2 Å². The minimum absolute atomic E-state index is 0.0543. The van der Waals surface area contributed by atoms with Crippen molar-refractivity contribution in [2.24, 2.45) is 5.73 Å². The molecule has 1 amide bonds. The van der Waals surface area contributed by atoms with Crippen molar-refractivity contribution >= 4 is 17.2 Å². The molecule has 2 N–H and O–H groups in total. The van der Waals surface area contributed by atoms with Crippen molar-refractivity contribution in [1.82, 2.24) is 19.9 Å². The van der Waals surface area contributed by atoms with Crippen molar-refractivity contribution in [3.63, 3.8) is 0 Å². The molecule has 2 aliphatic rings. The van der Waals surface area contributed by atoms with E-state index < -0.39 is 0 Å². The Morgan fingerprint density at radius 2 is 2.12 bits per heavy atom. The average molecular weight is 373 g/mol. The summed E-state index contributed by atoms with van der Waals surface area (Å²) >= 11 is 1.38. The summed E-state index contributed by atoms with van der Waals surface area (Å²) in [6, 6.07) is 1.89. The number of ether oxygens (including phenoxy) is 1. The Bertz CT molecular complexity index is 786. The van der Waals surface area contributed by atoms with Gasteiger partial charge in [0.25, 0.3) is 5.91 Å². The quantitative estimate of drug-likeness (QED) is 0.883. The third-order valence-corrected chi connectivity index (χ3v) is 6.26. The van der Waals surface area contributed by atoms with Gasteiger partial charge in [-0.15, -0.1) is 11.3 Å². The van der Waals surface area contributed by atoms with E-state index in [0.29, 0.717) is 41.8 Å². The number of carbonyl (C=O) groups is 1. The largest absolute Gasteiger partial charge is 0.373 e. The highest BCUT2D eigenvalue weighted by atomic mass is 32.1. The van der Waals surface area contributed by atoms with Gasteiger partial charge in [0, 0.05) is 31.5 Å². The number of piperidine rings is 1. The lowest BCUT2D eigenvalue weighted by atomic mass is 9.87. The maximum atomic E-state index is 13.1. The smallest absolute Gasteiger partial charge is 0.265 e. The number of hydrogen-bond donors (Lipinski definition) is 1. The van der Waals surface area contributed by atoms with E-state index in [1.807, 2.05) is 11.8 Å². The summed E-state index contributed by atoms with van der Waals surface area (Å²) < 4.78 is 5.95. The first-order valence-electron chi connectivity index (χ1n) is 9.06. The summed E-state index contributed by atoms with van der Waals surface area (Å²) in [5.74, 6) is 0.621. The van der Waals surface area contributed by atoms with Gasteiger partial charge in [-0.25, -0.2) is 15.0 Å². The number of hydrogen-bond acceptors (Lipinski definition) is 7. The molecular weight excluding hydrogens is 350 g/mol. The molecule has 7 nitrogen and oxygen atoms in total. The molecule has 2 aliphatic heterocycles. The van der Waals surface area contributed by atoms with Crippen molar-refractivity contribution in [1.29, 1.82) is 0 Å². The second kappa shape index (κ2) is 7.02. The SMILES string of the molecule is CCc1nc(-c2ncccn2)sc1C(=O)N1CCC2(CC1)CC(N)CO2. The topological polar surface area (TPSA) is 94.2 Å². The van der Waals surface area contributed by atoms with Crippen molar-refractivity contribution in [2.45, 2.75) is 44.2 Å². The molecule has 0 bridgehead atoms. The van der Waals surface area contributed by atoms with Crippen LogP contribution in [0.15, 0.2) is 18.5 Å². The van der Waals surface area contributed by atoms with Gasteiger partial charge in [-0.1, -0.05) is 6.92 Å². The molecule has 0 aliphatic carbocycles. The fourth-order valence-electron chi connectivity index (χ4n) is 3.75. The number of aryl methyl sites for hydroxylation is 1. The maximum Gasteiger partial charge on any atom is 0.265 e. The summed E-state index contributed by atoms with van der Waals surface area (Å²) in [6.45, 7) is 4.04. The molecule has 2 aromatic heterocycles. The molecule has 0 aromatic carbocycles. The van der Waals surface area contributed by atoms with E-state index >= 15 is 0 Å². The van der Waals surface area contributed by atoms with E-state index in [1.165, 1.54) is 11.3 Å². The molecule has 2 fully saturated rings. The number of nitrogens with zero attached hydrogens (tertiary/aromatic N) is 4. The zero-order valence-electron chi connectivity index (χ0n) is 14.9. The van der Waals surface area contributed by atoms with Gasteiger partial charge in [-0.2, -0.15) is 0 Å². The van der Waals surface area contributed by atoms with Gasteiger partial charge in [0.1, 0.15) is 4.88 Å². The molecule has 4 rings (SSSR count). The Morgan fingerprint density at radius 1 is 1.38 bits per heavy atom. The van der Waals surface area contributed by atoms with Crippen molar-refractivity contribution < 1.29 is 9.53 Å². The highest BCUT2D eigenvalue weighted by Gasteiger charge is 2.42. The van der Waals surface area contributed by atoms with Crippen molar-refractivity contribution in [2.75, 3.05) is 19.7 Å². The highest BCUT2D eigenvalue weighted by molar-refractivity contribution is 7.17. The fraction of sp³-hybridized carbons (Fsp3) is 0.556. The van der Waals surface area contributed by atoms with Crippen LogP contribution in [0.5, 0.6) is 0 Å². The Balaban J connectivity index is 1.51. The number of carbonyl (C=O) groups excluding carboxylic acids is 1. The molecule has 26 heavy (non-hydrogen) atoms. The molecule has 0 saturated carbocycles. The third kappa shape index (κ3) is 3.24. The first kappa shape index (κ1) is 17.5. The van der Waals surface area contributed by atoms with Gasteiger partial charge in [0.2, 0.25) is 0 Å². The van der Waals surface area contributed by atoms with Crippen LogP contribution in [0.4, 0.5) is 0 Å². The highest BCUT2D eigenvalue weighted by Crippen LogP contribution is 2.36. The van der Waals surface area contributed by atoms with Crippen molar-refractivity contribution in [3.8, 4) is 10.8 Å². The van der Waals surface area contributed by atoms with Gasteiger partial charge in [0.15, 0.2) is 10.8 Å². The second-order valence-corrected chi connectivity index (χ2v) is 7.97. The van der Waals surface area contributed by atoms with E-state index in [2.05, 4.69) is 15.0 Å². The lowest BCUT2D eigenvalue weighted by Gasteiger charge is -2.38. The monoisotopic (exact) mass is 373 g/mol. The first-order chi connectivity index (χ1) is 12.6. The number of aromatic nitrogens is 3. The van der Waals surface area contributed by atoms with E-state index in [0.717, 1.165) is 25.0 Å². The molecule has 0 radical (unpaired) electrons. The van der Waals surface area contributed by atoms with E-state index in [1.54, 1.807) is 18.5 Å². The van der Waals surface area contributed by atoms with Crippen LogP contribution in [0, 0.1) is 0 Å². The molecule has 138 valence electrons. The molecule has 1 unspecified atom stereocenters. The minimum Gasteiger partial charge on any atom is -0.373 e. The Morgan fingerprint density at radius 3 is 2.73 bits per heavy atom. The number of nitrogens with two attached hydrogens (primary N) is 1. The molecular formula is C18H23N5O2S. The Labute approximate surface area is 156 Å². The van der Waals surface area contributed by atoms with Crippen molar-refractivity contribution in [3.05, 3.63) is 29.0 Å². The minimum atomic E-state index is -0.124.